The van der Waals surface area contributed by atoms with E-state index in [0.717, 1.165) is 6.07 Å². The highest BCUT2D eigenvalue weighted by atomic mass is 19.4. The lowest BCUT2D eigenvalue weighted by Crippen LogP contribution is -2.09. The van der Waals surface area contributed by atoms with E-state index in [1.165, 1.54) is 35.2 Å². The van der Waals surface area contributed by atoms with Gasteiger partial charge in [-0.1, -0.05) is 18.2 Å². The van der Waals surface area contributed by atoms with Gasteiger partial charge in [0.1, 0.15) is 12.4 Å². The van der Waals surface area contributed by atoms with E-state index in [1.807, 2.05) is 6.07 Å². The maximum atomic E-state index is 12.9. The molecule has 0 amide bonds. The Labute approximate surface area is 101 Å². The summed E-state index contributed by atoms with van der Waals surface area (Å²) >= 11 is 0. The molecule has 2 rings (SSSR count). The van der Waals surface area contributed by atoms with Crippen LogP contribution in [0.25, 0.3) is 11.4 Å². The Hall–Kier alpha value is -2.29. The Morgan fingerprint density at radius 1 is 1.28 bits per heavy atom. The maximum Gasteiger partial charge on any atom is 0.417 e. The predicted molar refractivity (Wildman–Crippen MR) is 58.3 cm³/mol. The smallest absolute Gasteiger partial charge is 0.317 e. The van der Waals surface area contributed by atoms with Crippen LogP contribution in [0.3, 0.4) is 0 Å². The molecule has 0 unspecified atom stereocenters. The summed E-state index contributed by atoms with van der Waals surface area (Å²) in [6.07, 6.45) is -1.59. The molecular formula is C12H8F3N3. The third-order valence-corrected chi connectivity index (χ3v) is 2.43. The van der Waals surface area contributed by atoms with Gasteiger partial charge in [0.15, 0.2) is 0 Å². The van der Waals surface area contributed by atoms with Gasteiger partial charge >= 0.3 is 6.18 Å². The van der Waals surface area contributed by atoms with Gasteiger partial charge in [-0.15, -0.1) is 0 Å². The lowest BCUT2D eigenvalue weighted by Gasteiger charge is -2.12. The molecule has 1 aromatic heterocycles. The Morgan fingerprint density at radius 2 is 2.00 bits per heavy atom. The van der Waals surface area contributed by atoms with Crippen LogP contribution in [0.5, 0.6) is 0 Å². The van der Waals surface area contributed by atoms with Crippen LogP contribution >= 0.6 is 0 Å². The second kappa shape index (κ2) is 4.53. The Kier molecular flexibility index (Phi) is 3.06. The molecule has 0 atom stereocenters. The topological polar surface area (TPSA) is 41.6 Å². The van der Waals surface area contributed by atoms with Crippen molar-refractivity contribution in [3.63, 3.8) is 0 Å². The highest BCUT2D eigenvalue weighted by Gasteiger charge is 2.34. The van der Waals surface area contributed by atoms with Gasteiger partial charge in [0.25, 0.3) is 0 Å². The molecule has 0 saturated heterocycles. The summed E-state index contributed by atoms with van der Waals surface area (Å²) in [6, 6.07) is 7.06. The van der Waals surface area contributed by atoms with Gasteiger partial charge in [0, 0.05) is 18.0 Å². The lowest BCUT2D eigenvalue weighted by atomic mass is 10.1. The van der Waals surface area contributed by atoms with Gasteiger partial charge in [-0.25, -0.2) is 4.98 Å². The highest BCUT2D eigenvalue weighted by molar-refractivity contribution is 5.61. The van der Waals surface area contributed by atoms with Crippen molar-refractivity contribution in [3.05, 3.63) is 42.2 Å². The SMILES string of the molecule is N#CCn1ccnc1-c1ccccc1C(F)(F)F. The van der Waals surface area contributed by atoms with Crippen molar-refractivity contribution in [2.75, 3.05) is 0 Å². The molecule has 18 heavy (non-hydrogen) atoms. The number of hydrogen-bond donors (Lipinski definition) is 0. The van der Waals surface area contributed by atoms with Gasteiger partial charge in [-0.05, 0) is 6.07 Å². The number of aromatic nitrogens is 2. The zero-order chi connectivity index (χ0) is 13.2. The highest BCUT2D eigenvalue weighted by Crippen LogP contribution is 2.36. The fourth-order valence-electron chi connectivity index (χ4n) is 1.68. The molecule has 0 spiro atoms. The molecule has 3 nitrogen and oxygen atoms in total. The van der Waals surface area contributed by atoms with Gasteiger partial charge in [0.2, 0.25) is 0 Å². The number of nitriles is 1. The van der Waals surface area contributed by atoms with E-state index >= 15 is 0 Å². The van der Waals surface area contributed by atoms with E-state index in [4.69, 9.17) is 5.26 Å². The summed E-state index contributed by atoms with van der Waals surface area (Å²) < 4.78 is 39.9. The average Bonchev–Trinajstić information content (AvgIpc) is 2.77. The monoisotopic (exact) mass is 251 g/mol. The predicted octanol–water partition coefficient (Wildman–Crippen LogP) is 3.09. The maximum absolute atomic E-state index is 12.9. The molecule has 0 saturated carbocycles. The third-order valence-electron chi connectivity index (χ3n) is 2.43. The quantitative estimate of drug-likeness (QED) is 0.823. The van der Waals surface area contributed by atoms with Crippen molar-refractivity contribution in [2.45, 2.75) is 12.7 Å². The van der Waals surface area contributed by atoms with E-state index in [2.05, 4.69) is 4.98 Å². The minimum absolute atomic E-state index is 0.0229. The van der Waals surface area contributed by atoms with Crippen LogP contribution in [0.4, 0.5) is 13.2 Å². The minimum atomic E-state index is -4.44. The summed E-state index contributed by atoms with van der Waals surface area (Å²) in [5, 5.41) is 8.62. The van der Waals surface area contributed by atoms with Crippen molar-refractivity contribution < 1.29 is 13.2 Å². The van der Waals surface area contributed by atoms with Crippen LogP contribution in [0, 0.1) is 11.3 Å². The Balaban J connectivity index is 2.58. The van der Waals surface area contributed by atoms with Gasteiger partial charge < -0.3 is 4.57 Å². The minimum Gasteiger partial charge on any atom is -0.317 e. The first kappa shape index (κ1) is 12.2. The number of hydrogen-bond acceptors (Lipinski definition) is 2. The van der Waals surface area contributed by atoms with Gasteiger partial charge in [-0.2, -0.15) is 18.4 Å². The molecule has 6 heteroatoms. The van der Waals surface area contributed by atoms with Crippen LogP contribution < -0.4 is 0 Å². The summed E-state index contributed by atoms with van der Waals surface area (Å²) in [6.45, 7) is -0.0402. The van der Waals surface area contributed by atoms with Gasteiger partial charge in [0.05, 0.1) is 11.6 Å². The normalized spacial score (nSPS) is 11.2. The largest absolute Gasteiger partial charge is 0.417 e. The second-order valence-electron chi connectivity index (χ2n) is 3.58. The summed E-state index contributed by atoms with van der Waals surface area (Å²) in [4.78, 5) is 3.89. The first-order valence-electron chi connectivity index (χ1n) is 5.08. The number of nitrogens with zero attached hydrogens (tertiary/aromatic N) is 3. The van der Waals surface area contributed by atoms with E-state index in [0.29, 0.717) is 0 Å². The van der Waals surface area contributed by atoms with E-state index < -0.39 is 11.7 Å². The first-order chi connectivity index (χ1) is 8.54. The van der Waals surface area contributed by atoms with E-state index in [-0.39, 0.29) is 17.9 Å². The molecule has 0 aliphatic carbocycles. The van der Waals surface area contributed by atoms with Crippen molar-refractivity contribution in [1.29, 1.82) is 5.26 Å². The van der Waals surface area contributed by atoms with Crippen LogP contribution in [0.2, 0.25) is 0 Å². The molecule has 0 N–H and O–H groups in total. The Morgan fingerprint density at radius 3 is 2.67 bits per heavy atom. The Bertz CT molecular complexity index is 593. The van der Waals surface area contributed by atoms with Crippen LogP contribution in [-0.4, -0.2) is 9.55 Å². The molecule has 1 heterocycles. The van der Waals surface area contributed by atoms with Crippen LogP contribution in [-0.2, 0) is 12.7 Å². The van der Waals surface area contributed by atoms with Crippen LogP contribution in [0.1, 0.15) is 5.56 Å². The van der Waals surface area contributed by atoms with Crippen LogP contribution in [0.15, 0.2) is 36.7 Å². The van der Waals surface area contributed by atoms with Crippen molar-refractivity contribution in [1.82, 2.24) is 9.55 Å². The molecule has 0 fully saturated rings. The standard InChI is InChI=1S/C12H8F3N3/c13-12(14,15)10-4-2-1-3-9(10)11-17-6-8-18(11)7-5-16/h1-4,6,8H,7H2. The first-order valence-corrected chi connectivity index (χ1v) is 5.08. The van der Waals surface area contributed by atoms with E-state index in [9.17, 15) is 13.2 Å². The van der Waals surface area contributed by atoms with Crippen molar-refractivity contribution in [2.24, 2.45) is 0 Å². The van der Waals surface area contributed by atoms with Gasteiger partial charge in [-0.3, -0.25) is 0 Å². The fraction of sp³-hybridized carbons (Fsp3) is 0.167. The summed E-state index contributed by atoms with van der Waals surface area (Å²) in [7, 11) is 0. The molecule has 0 aliphatic rings. The van der Waals surface area contributed by atoms with E-state index in [1.54, 1.807) is 0 Å². The molecule has 0 radical (unpaired) electrons. The lowest BCUT2D eigenvalue weighted by molar-refractivity contribution is -0.137. The number of alkyl halides is 3. The van der Waals surface area contributed by atoms with Crippen molar-refractivity contribution in [3.8, 4) is 17.5 Å². The average molecular weight is 251 g/mol. The third kappa shape index (κ3) is 2.20. The fourth-order valence-corrected chi connectivity index (χ4v) is 1.68. The molecule has 0 aliphatic heterocycles. The number of halogens is 3. The number of benzene rings is 1. The zero-order valence-electron chi connectivity index (χ0n) is 9.15. The molecule has 2 aromatic rings. The molecule has 0 bridgehead atoms. The second-order valence-corrected chi connectivity index (χ2v) is 3.58. The summed E-state index contributed by atoms with van der Waals surface area (Å²) in [5.41, 5.74) is -0.777. The summed E-state index contributed by atoms with van der Waals surface area (Å²) in [5.74, 6) is 0.143. The van der Waals surface area contributed by atoms with Crippen molar-refractivity contribution >= 4 is 0 Å². The molecule has 92 valence electrons. The number of imidazole rings is 1. The zero-order valence-corrected chi connectivity index (χ0v) is 9.15. The number of rotatable bonds is 2. The molecule has 1 aromatic carbocycles. The molecular weight excluding hydrogens is 243 g/mol.